The topological polar surface area (TPSA) is 29.1 Å². The van der Waals surface area contributed by atoms with Crippen LogP contribution in [0.3, 0.4) is 0 Å². The van der Waals surface area contributed by atoms with E-state index in [4.69, 9.17) is 6.42 Å². The van der Waals surface area contributed by atoms with Crippen LogP contribution in [-0.4, -0.2) is 12.3 Å². The second-order valence-corrected chi connectivity index (χ2v) is 4.21. The van der Waals surface area contributed by atoms with Gasteiger partial charge in [0, 0.05) is 17.3 Å². The maximum Gasteiger partial charge on any atom is 0.187 e. The predicted molar refractivity (Wildman–Crippen MR) is 82.0 cm³/mol. The highest BCUT2D eigenvalue weighted by Crippen LogP contribution is 2.12. The van der Waals surface area contributed by atoms with Gasteiger partial charge >= 0.3 is 0 Å². The molecule has 0 atom stereocenters. The van der Waals surface area contributed by atoms with Crippen molar-refractivity contribution in [1.82, 2.24) is 5.32 Å². The van der Waals surface area contributed by atoms with Crippen molar-refractivity contribution in [2.24, 2.45) is 0 Å². The largest absolute Gasteiger partial charge is 0.374 e. The van der Waals surface area contributed by atoms with Crippen LogP contribution in [0.1, 0.15) is 15.9 Å². The van der Waals surface area contributed by atoms with Gasteiger partial charge in [0.25, 0.3) is 0 Å². The van der Waals surface area contributed by atoms with Gasteiger partial charge in [-0.3, -0.25) is 4.79 Å². The van der Waals surface area contributed by atoms with Crippen LogP contribution in [-0.2, 0) is 0 Å². The second-order valence-electron chi connectivity index (χ2n) is 4.21. The molecule has 0 aliphatic heterocycles. The number of carbonyl (C=O) groups excluding carboxylic acids is 1. The summed E-state index contributed by atoms with van der Waals surface area (Å²) in [4.78, 5) is 12.2. The van der Waals surface area contributed by atoms with Crippen LogP contribution in [0.15, 0.2) is 66.7 Å². The van der Waals surface area contributed by atoms with E-state index in [2.05, 4.69) is 11.2 Å². The summed E-state index contributed by atoms with van der Waals surface area (Å²) in [5.41, 5.74) is 2.33. The van der Waals surface area contributed by atoms with Gasteiger partial charge in [0.15, 0.2) is 5.78 Å². The molecule has 0 saturated heterocycles. The lowest BCUT2D eigenvalue weighted by molar-refractivity contribution is 0.104. The molecule has 2 aromatic carbocycles. The summed E-state index contributed by atoms with van der Waals surface area (Å²) in [6.07, 6.45) is 6.86. The Morgan fingerprint density at radius 3 is 2.10 bits per heavy atom. The first kappa shape index (κ1) is 13.6. The molecule has 0 heterocycles. The molecule has 0 saturated carbocycles. The monoisotopic (exact) mass is 261 g/mol. The van der Waals surface area contributed by atoms with Gasteiger partial charge in [0.2, 0.25) is 0 Å². The molecule has 0 amide bonds. The van der Waals surface area contributed by atoms with E-state index in [0.29, 0.717) is 12.1 Å². The van der Waals surface area contributed by atoms with Crippen LogP contribution < -0.4 is 5.32 Å². The van der Waals surface area contributed by atoms with E-state index in [9.17, 15) is 4.79 Å². The van der Waals surface area contributed by atoms with Crippen LogP contribution in [0.25, 0.3) is 5.70 Å². The lowest BCUT2D eigenvalue weighted by Crippen LogP contribution is -2.14. The molecule has 20 heavy (non-hydrogen) atoms. The lowest BCUT2D eigenvalue weighted by Gasteiger charge is -2.08. The van der Waals surface area contributed by atoms with Gasteiger partial charge in [0.1, 0.15) is 0 Å². The van der Waals surface area contributed by atoms with Gasteiger partial charge in [-0.1, -0.05) is 66.6 Å². The molecule has 2 aromatic rings. The zero-order valence-electron chi connectivity index (χ0n) is 11.0. The molecule has 0 unspecified atom stereocenters. The van der Waals surface area contributed by atoms with E-state index in [0.717, 1.165) is 11.3 Å². The third-order valence-corrected chi connectivity index (χ3v) is 2.80. The maximum atomic E-state index is 12.2. The fourth-order valence-electron chi connectivity index (χ4n) is 1.82. The average molecular weight is 261 g/mol. The number of benzene rings is 2. The Balaban J connectivity index is 2.29. The molecule has 0 spiro atoms. The highest BCUT2D eigenvalue weighted by atomic mass is 16.1. The first-order valence-corrected chi connectivity index (χ1v) is 6.35. The summed E-state index contributed by atoms with van der Waals surface area (Å²) in [5, 5.41) is 3.09. The molecule has 0 aliphatic carbocycles. The number of hydrogen-bond donors (Lipinski definition) is 1. The predicted octanol–water partition coefficient (Wildman–Crippen LogP) is 3.13. The molecule has 2 rings (SSSR count). The van der Waals surface area contributed by atoms with Crippen LogP contribution in [0.5, 0.6) is 0 Å². The van der Waals surface area contributed by atoms with Gasteiger partial charge in [-0.05, 0) is 5.56 Å². The molecule has 2 nitrogen and oxygen atoms in total. The minimum Gasteiger partial charge on any atom is -0.374 e. The number of rotatable bonds is 5. The van der Waals surface area contributed by atoms with Gasteiger partial charge in [-0.2, -0.15) is 0 Å². The zero-order valence-corrected chi connectivity index (χ0v) is 11.0. The van der Waals surface area contributed by atoms with Crippen molar-refractivity contribution in [2.45, 2.75) is 0 Å². The first-order valence-electron chi connectivity index (χ1n) is 6.35. The highest BCUT2D eigenvalue weighted by molar-refractivity contribution is 6.08. The Hall–Kier alpha value is -2.79. The van der Waals surface area contributed by atoms with Crippen LogP contribution in [0.4, 0.5) is 0 Å². The number of carbonyl (C=O) groups is 1. The van der Waals surface area contributed by atoms with Gasteiger partial charge in [-0.15, -0.1) is 6.42 Å². The van der Waals surface area contributed by atoms with Crippen molar-refractivity contribution in [2.75, 3.05) is 6.54 Å². The molecule has 0 bridgehead atoms. The summed E-state index contributed by atoms with van der Waals surface area (Å²) >= 11 is 0. The number of hydrogen-bond acceptors (Lipinski definition) is 2. The Bertz CT molecular complexity index is 636. The summed E-state index contributed by atoms with van der Waals surface area (Å²) in [6, 6.07) is 18.8. The zero-order chi connectivity index (χ0) is 14.2. The van der Waals surface area contributed by atoms with Gasteiger partial charge in [0.05, 0.1) is 6.54 Å². The summed E-state index contributed by atoms with van der Waals surface area (Å²) in [5.74, 6) is 2.47. The quantitative estimate of drug-likeness (QED) is 0.509. The molecular weight excluding hydrogens is 246 g/mol. The van der Waals surface area contributed by atoms with Crippen molar-refractivity contribution in [1.29, 1.82) is 0 Å². The molecule has 98 valence electrons. The van der Waals surface area contributed by atoms with Crippen LogP contribution in [0, 0.1) is 12.3 Å². The van der Waals surface area contributed by atoms with Crippen molar-refractivity contribution < 1.29 is 4.79 Å². The molecule has 2 heteroatoms. The SMILES string of the molecule is C#CCN/C(=C\C(=O)c1ccccc1)c1ccccc1. The number of terminal acetylenes is 1. The number of ketones is 1. The number of nitrogens with one attached hydrogen (secondary N) is 1. The molecular formula is C18H15NO. The third kappa shape index (κ3) is 3.60. The van der Waals surface area contributed by atoms with E-state index in [1.807, 2.05) is 48.5 Å². The van der Waals surface area contributed by atoms with E-state index in [1.54, 1.807) is 18.2 Å². The smallest absolute Gasteiger partial charge is 0.187 e. The van der Waals surface area contributed by atoms with Gasteiger partial charge in [-0.25, -0.2) is 0 Å². The molecule has 0 radical (unpaired) electrons. The molecule has 0 fully saturated rings. The van der Waals surface area contributed by atoms with E-state index < -0.39 is 0 Å². The van der Waals surface area contributed by atoms with E-state index in [1.165, 1.54) is 0 Å². The van der Waals surface area contributed by atoms with Gasteiger partial charge < -0.3 is 5.32 Å². The van der Waals surface area contributed by atoms with Crippen molar-refractivity contribution in [3.63, 3.8) is 0 Å². The van der Waals surface area contributed by atoms with Crippen LogP contribution in [0.2, 0.25) is 0 Å². The highest BCUT2D eigenvalue weighted by Gasteiger charge is 2.06. The second kappa shape index (κ2) is 6.96. The maximum absolute atomic E-state index is 12.2. The fraction of sp³-hybridized carbons (Fsp3) is 0.0556. The standard InChI is InChI=1S/C18H15NO/c1-2-13-19-17(15-9-5-3-6-10-15)14-18(20)16-11-7-4-8-12-16/h1,3-12,14,19H,13H2/b17-14-. The minimum absolute atomic E-state index is 0.0472. The van der Waals surface area contributed by atoms with Crippen molar-refractivity contribution in [3.05, 3.63) is 77.9 Å². The molecule has 0 aliphatic rings. The van der Waals surface area contributed by atoms with Crippen molar-refractivity contribution >= 4 is 11.5 Å². The third-order valence-electron chi connectivity index (χ3n) is 2.80. The average Bonchev–Trinajstić information content (AvgIpc) is 2.53. The molecule has 1 N–H and O–H groups in total. The Morgan fingerprint density at radius 2 is 1.55 bits per heavy atom. The lowest BCUT2D eigenvalue weighted by atomic mass is 10.1. The summed E-state index contributed by atoms with van der Waals surface area (Å²) < 4.78 is 0. The Kier molecular flexibility index (Phi) is 4.75. The number of allylic oxidation sites excluding steroid dienone is 1. The van der Waals surface area contributed by atoms with Crippen LogP contribution >= 0.6 is 0 Å². The Labute approximate surface area is 119 Å². The fourth-order valence-corrected chi connectivity index (χ4v) is 1.82. The minimum atomic E-state index is -0.0472. The van der Waals surface area contributed by atoms with E-state index in [-0.39, 0.29) is 5.78 Å². The first-order chi connectivity index (χ1) is 9.81. The van der Waals surface area contributed by atoms with E-state index >= 15 is 0 Å². The Morgan fingerprint density at radius 1 is 1.00 bits per heavy atom. The summed E-state index contributed by atoms with van der Waals surface area (Å²) in [6.45, 7) is 0.378. The van der Waals surface area contributed by atoms with Crippen molar-refractivity contribution in [3.8, 4) is 12.3 Å². The summed E-state index contributed by atoms with van der Waals surface area (Å²) in [7, 11) is 0. The molecule has 0 aromatic heterocycles. The normalized spacial score (nSPS) is 10.7.